The van der Waals surface area contributed by atoms with Crippen LogP contribution in [0.15, 0.2) is 35.4 Å². The Morgan fingerprint density at radius 2 is 1.80 bits per heavy atom. The minimum Gasteiger partial charge on any atom is -0.463 e. The van der Waals surface area contributed by atoms with Crippen LogP contribution in [-0.4, -0.2) is 61.6 Å². The molecule has 40 heavy (non-hydrogen) atoms. The van der Waals surface area contributed by atoms with Crippen LogP contribution in [0.4, 0.5) is 23.0 Å². The number of aliphatic hydroxyl groups excluding tert-OH is 1. The van der Waals surface area contributed by atoms with E-state index in [0.29, 0.717) is 43.0 Å². The number of pyridine rings is 1. The number of nitrogens with one attached hydrogen (secondary N) is 3. The lowest BCUT2D eigenvalue weighted by Gasteiger charge is -2.15. The third kappa shape index (κ3) is 11.7. The molecule has 1 heterocycles. The molecule has 1 aromatic carbocycles. The van der Waals surface area contributed by atoms with Gasteiger partial charge in [0.15, 0.2) is 5.82 Å². The predicted molar refractivity (Wildman–Crippen MR) is 145 cm³/mol. The number of rotatable bonds is 20. The topological polar surface area (TPSA) is 188 Å². The number of esters is 1. The van der Waals surface area contributed by atoms with Crippen LogP contribution in [0.1, 0.15) is 49.7 Å². The van der Waals surface area contributed by atoms with Crippen molar-refractivity contribution in [1.82, 2.24) is 4.98 Å². The molecule has 0 spiro atoms. The second-order valence-electron chi connectivity index (χ2n) is 8.55. The van der Waals surface area contributed by atoms with Crippen LogP contribution in [-0.2, 0) is 28.8 Å². The summed E-state index contributed by atoms with van der Waals surface area (Å²) in [4.78, 5) is 37.1. The number of hydrogen-bond acceptors (Lipinski definition) is 13. The van der Waals surface area contributed by atoms with E-state index in [1.807, 2.05) is 30.3 Å². The van der Waals surface area contributed by atoms with Gasteiger partial charge in [-0.25, -0.2) is 15.3 Å². The van der Waals surface area contributed by atoms with E-state index in [2.05, 4.69) is 31.7 Å². The molecule has 13 nitrogen and oxygen atoms in total. The van der Waals surface area contributed by atoms with Crippen LogP contribution in [0.3, 0.4) is 0 Å². The Morgan fingerprint density at radius 1 is 1.02 bits per heavy atom. The van der Waals surface area contributed by atoms with E-state index in [4.69, 9.17) is 25.0 Å². The standard InChI is InChI=1S/C27H36N6O7/c1-20-22(19-28)26(32-27(25(20)33-29)31-21-9-4-2-5-10-21)30-13-16-37-17-18-38-23(35)12-8-15-39-40-24(36)11-6-3-7-14-34/h2,4-5,9-10,29,34H,3,6-8,11-18H2,1H3,(H2,30,31,32). The molecule has 0 aliphatic carbocycles. The van der Waals surface area contributed by atoms with E-state index in [-0.39, 0.29) is 57.1 Å². The molecule has 0 radical (unpaired) electrons. The zero-order valence-electron chi connectivity index (χ0n) is 22.6. The van der Waals surface area contributed by atoms with Crippen LogP contribution < -0.4 is 10.6 Å². The summed E-state index contributed by atoms with van der Waals surface area (Å²) in [6.45, 7) is 2.77. The first kappa shape index (κ1) is 32.1. The molecule has 13 heteroatoms. The number of carbonyl (C=O) groups excluding carboxylic acids is 2. The average Bonchev–Trinajstić information content (AvgIpc) is 2.95. The SMILES string of the molecule is Cc1c(C#N)c(NCCOCCOC(=O)CCCOOC(=O)CCCCCO)nc(Nc2ccccc2)c1N=N. The maximum Gasteiger partial charge on any atom is 0.342 e. The summed E-state index contributed by atoms with van der Waals surface area (Å²) < 4.78 is 10.6. The summed E-state index contributed by atoms with van der Waals surface area (Å²) in [5.74, 6) is -0.203. The Bertz CT molecular complexity index is 1120. The molecule has 2 rings (SSSR count). The molecule has 0 aliphatic heterocycles. The van der Waals surface area contributed by atoms with Gasteiger partial charge in [-0.15, -0.1) is 0 Å². The van der Waals surface area contributed by atoms with E-state index < -0.39 is 11.9 Å². The average molecular weight is 557 g/mol. The lowest BCUT2D eigenvalue weighted by molar-refractivity contribution is -0.272. The summed E-state index contributed by atoms with van der Waals surface area (Å²) in [6.07, 6.45) is 2.66. The zero-order valence-corrected chi connectivity index (χ0v) is 22.6. The smallest absolute Gasteiger partial charge is 0.342 e. The van der Waals surface area contributed by atoms with Gasteiger partial charge in [-0.3, -0.25) is 9.68 Å². The molecule has 0 aliphatic rings. The molecular formula is C27H36N6O7. The van der Waals surface area contributed by atoms with E-state index in [9.17, 15) is 14.9 Å². The Balaban J connectivity index is 1.64. The lowest BCUT2D eigenvalue weighted by Crippen LogP contribution is -2.16. The Labute approximate surface area is 233 Å². The quantitative estimate of drug-likeness (QED) is 0.0593. The van der Waals surface area contributed by atoms with Crippen molar-refractivity contribution in [2.75, 3.05) is 50.2 Å². The van der Waals surface area contributed by atoms with Crippen LogP contribution in [0.5, 0.6) is 0 Å². The number of unbranched alkanes of at least 4 members (excludes halogenated alkanes) is 2. The summed E-state index contributed by atoms with van der Waals surface area (Å²) in [7, 11) is 0. The molecular weight excluding hydrogens is 520 g/mol. The Morgan fingerprint density at radius 3 is 2.52 bits per heavy atom. The van der Waals surface area contributed by atoms with Crippen molar-refractivity contribution in [1.29, 1.82) is 10.8 Å². The van der Waals surface area contributed by atoms with Gasteiger partial charge in [0.1, 0.15) is 24.2 Å². The van der Waals surface area contributed by atoms with Crippen molar-refractivity contribution in [2.24, 2.45) is 5.11 Å². The van der Waals surface area contributed by atoms with Crippen molar-refractivity contribution in [3.8, 4) is 6.07 Å². The first-order chi connectivity index (χ1) is 19.5. The van der Waals surface area contributed by atoms with Crippen molar-refractivity contribution < 1.29 is 33.9 Å². The van der Waals surface area contributed by atoms with Crippen molar-refractivity contribution in [2.45, 2.75) is 45.4 Å². The number of benzene rings is 1. The van der Waals surface area contributed by atoms with Gasteiger partial charge in [-0.1, -0.05) is 24.6 Å². The fourth-order valence-corrected chi connectivity index (χ4v) is 3.45. The number of nitriles is 1. The monoisotopic (exact) mass is 556 g/mol. The highest BCUT2D eigenvalue weighted by Crippen LogP contribution is 2.34. The summed E-state index contributed by atoms with van der Waals surface area (Å²) >= 11 is 0. The molecule has 216 valence electrons. The number of hydrogen-bond donors (Lipinski definition) is 4. The predicted octanol–water partition coefficient (Wildman–Crippen LogP) is 4.45. The van der Waals surface area contributed by atoms with E-state index in [1.165, 1.54) is 0 Å². The Kier molecular flexibility index (Phi) is 15.3. The van der Waals surface area contributed by atoms with E-state index >= 15 is 0 Å². The lowest BCUT2D eigenvalue weighted by atomic mass is 10.1. The molecule has 0 bridgehead atoms. The van der Waals surface area contributed by atoms with Gasteiger partial charge in [0.25, 0.3) is 0 Å². The molecule has 0 fully saturated rings. The highest BCUT2D eigenvalue weighted by Gasteiger charge is 2.17. The molecule has 0 unspecified atom stereocenters. The summed E-state index contributed by atoms with van der Waals surface area (Å²) in [5, 5.41) is 28.1. The van der Waals surface area contributed by atoms with Crippen molar-refractivity contribution in [3.63, 3.8) is 0 Å². The molecule has 0 saturated carbocycles. The number of para-hydroxylation sites is 1. The van der Waals surface area contributed by atoms with Crippen LogP contribution in [0.2, 0.25) is 0 Å². The zero-order chi connectivity index (χ0) is 29.0. The second kappa shape index (κ2) is 19.0. The number of anilines is 3. The first-order valence-electron chi connectivity index (χ1n) is 13.0. The number of aromatic nitrogens is 1. The molecule has 0 amide bonds. The number of carbonyl (C=O) groups is 2. The van der Waals surface area contributed by atoms with Crippen LogP contribution >= 0.6 is 0 Å². The van der Waals surface area contributed by atoms with Crippen LogP contribution in [0.25, 0.3) is 0 Å². The highest BCUT2D eigenvalue weighted by atomic mass is 17.2. The number of aliphatic hydroxyl groups is 1. The van der Waals surface area contributed by atoms with Gasteiger partial charge in [0, 0.05) is 37.2 Å². The molecule has 0 saturated heterocycles. The molecule has 4 N–H and O–H groups in total. The first-order valence-corrected chi connectivity index (χ1v) is 13.0. The summed E-state index contributed by atoms with van der Waals surface area (Å²) in [5.41, 5.74) is 9.39. The van der Waals surface area contributed by atoms with E-state index in [1.54, 1.807) is 6.92 Å². The maximum atomic E-state index is 11.8. The Hall–Kier alpha value is -4.12. The third-order valence-corrected chi connectivity index (χ3v) is 5.50. The number of nitrogens with zero attached hydrogens (tertiary/aromatic N) is 3. The molecule has 0 atom stereocenters. The fourth-order valence-electron chi connectivity index (χ4n) is 3.45. The minimum atomic E-state index is -0.480. The van der Waals surface area contributed by atoms with Gasteiger partial charge >= 0.3 is 11.9 Å². The van der Waals surface area contributed by atoms with Gasteiger partial charge in [0.05, 0.1) is 25.4 Å². The van der Waals surface area contributed by atoms with Crippen LogP contribution in [0, 0.1) is 23.8 Å². The normalized spacial score (nSPS) is 10.4. The minimum absolute atomic E-state index is 0.0775. The van der Waals surface area contributed by atoms with E-state index in [0.717, 1.165) is 12.1 Å². The number of ether oxygens (including phenoxy) is 2. The van der Waals surface area contributed by atoms with Gasteiger partial charge in [-0.2, -0.15) is 15.3 Å². The molecule has 1 aromatic heterocycles. The summed E-state index contributed by atoms with van der Waals surface area (Å²) in [6, 6.07) is 11.4. The largest absolute Gasteiger partial charge is 0.463 e. The van der Waals surface area contributed by atoms with Gasteiger partial charge in [-0.05, 0) is 38.3 Å². The van der Waals surface area contributed by atoms with Gasteiger partial charge < -0.3 is 25.2 Å². The van der Waals surface area contributed by atoms with Crippen molar-refractivity contribution in [3.05, 3.63) is 41.5 Å². The van der Waals surface area contributed by atoms with Gasteiger partial charge in [0.2, 0.25) is 0 Å². The maximum absolute atomic E-state index is 11.8. The molecule has 2 aromatic rings. The fraction of sp³-hybridized carbons (Fsp3) is 0.481. The second-order valence-corrected chi connectivity index (χ2v) is 8.55. The van der Waals surface area contributed by atoms with Crippen molar-refractivity contribution >= 4 is 34.9 Å². The third-order valence-electron chi connectivity index (χ3n) is 5.50. The highest BCUT2D eigenvalue weighted by molar-refractivity contribution is 5.77.